The van der Waals surface area contributed by atoms with E-state index in [2.05, 4.69) is 34.6 Å². The van der Waals surface area contributed by atoms with Crippen LogP contribution in [-0.4, -0.2) is 18.9 Å². The third kappa shape index (κ3) is 4.20. The van der Waals surface area contributed by atoms with Gasteiger partial charge >= 0.3 is 5.97 Å². The zero-order valence-corrected chi connectivity index (χ0v) is 13.4. The molecule has 2 atom stereocenters. The van der Waals surface area contributed by atoms with Crippen LogP contribution in [0.5, 0.6) is 0 Å². The average Bonchev–Trinajstić information content (AvgIpc) is 2.27. The highest BCUT2D eigenvalue weighted by atomic mass is 16.7. The zero-order valence-electron chi connectivity index (χ0n) is 13.4. The molecule has 1 aliphatic heterocycles. The van der Waals surface area contributed by atoms with Gasteiger partial charge in [0.15, 0.2) is 0 Å². The minimum absolute atomic E-state index is 0.111. The predicted molar refractivity (Wildman–Crippen MR) is 76.7 cm³/mol. The highest BCUT2D eigenvalue weighted by molar-refractivity contribution is 5.77. The Morgan fingerprint density at radius 3 is 2.32 bits per heavy atom. The van der Waals surface area contributed by atoms with Crippen molar-refractivity contribution in [3.8, 4) is 0 Å². The third-order valence-corrected chi connectivity index (χ3v) is 4.30. The van der Waals surface area contributed by atoms with Gasteiger partial charge in [-0.25, -0.2) is 0 Å². The van der Waals surface area contributed by atoms with Gasteiger partial charge in [-0.15, -0.1) is 0 Å². The van der Waals surface area contributed by atoms with E-state index in [-0.39, 0.29) is 17.7 Å². The number of rotatable bonds is 4. The number of carbonyl (C=O) groups is 1. The Morgan fingerprint density at radius 2 is 1.89 bits per heavy atom. The van der Waals surface area contributed by atoms with E-state index in [1.54, 1.807) is 0 Å². The lowest BCUT2D eigenvalue weighted by Crippen LogP contribution is -2.44. The average molecular weight is 270 g/mol. The molecule has 1 heterocycles. The van der Waals surface area contributed by atoms with Gasteiger partial charge < -0.3 is 9.47 Å². The van der Waals surface area contributed by atoms with E-state index in [1.807, 2.05) is 6.92 Å². The molecule has 19 heavy (non-hydrogen) atoms. The SMILES string of the molecule is CC(C)CC(C)(C(=O)OC1CCCCO1)C(C)(C)C. The topological polar surface area (TPSA) is 35.5 Å². The summed E-state index contributed by atoms with van der Waals surface area (Å²) in [4.78, 5) is 12.6. The first-order valence-corrected chi connectivity index (χ1v) is 7.49. The van der Waals surface area contributed by atoms with Crippen LogP contribution in [0.3, 0.4) is 0 Å². The molecule has 0 bridgehead atoms. The standard InChI is InChI=1S/C16H30O3/c1-12(2)11-16(6,15(3,4)5)14(17)19-13-9-7-8-10-18-13/h12-13H,7-11H2,1-6H3. The first kappa shape index (κ1) is 16.5. The second-order valence-corrected chi connectivity index (χ2v) is 7.38. The van der Waals surface area contributed by atoms with E-state index < -0.39 is 5.41 Å². The minimum Gasteiger partial charge on any atom is -0.435 e. The van der Waals surface area contributed by atoms with Crippen LogP contribution < -0.4 is 0 Å². The van der Waals surface area contributed by atoms with E-state index in [4.69, 9.17) is 9.47 Å². The van der Waals surface area contributed by atoms with Gasteiger partial charge in [0.25, 0.3) is 0 Å². The Bertz CT molecular complexity index is 298. The summed E-state index contributed by atoms with van der Waals surface area (Å²) in [6.45, 7) is 13.4. The van der Waals surface area contributed by atoms with Crippen LogP contribution in [0.25, 0.3) is 0 Å². The van der Waals surface area contributed by atoms with Crippen molar-refractivity contribution in [2.45, 2.75) is 73.5 Å². The van der Waals surface area contributed by atoms with Crippen molar-refractivity contribution in [3.05, 3.63) is 0 Å². The molecule has 0 spiro atoms. The van der Waals surface area contributed by atoms with Gasteiger partial charge in [0.1, 0.15) is 0 Å². The molecule has 112 valence electrons. The van der Waals surface area contributed by atoms with E-state index in [0.717, 1.165) is 25.7 Å². The molecule has 0 radical (unpaired) electrons. The molecule has 3 nitrogen and oxygen atoms in total. The van der Waals surface area contributed by atoms with Crippen molar-refractivity contribution in [3.63, 3.8) is 0 Å². The summed E-state index contributed by atoms with van der Waals surface area (Å²) in [5, 5.41) is 0. The minimum atomic E-state index is -0.470. The van der Waals surface area contributed by atoms with Crippen molar-refractivity contribution < 1.29 is 14.3 Å². The van der Waals surface area contributed by atoms with E-state index in [1.165, 1.54) is 0 Å². The van der Waals surface area contributed by atoms with Gasteiger partial charge in [-0.05, 0) is 37.5 Å². The molecule has 0 saturated carbocycles. The lowest BCUT2D eigenvalue weighted by molar-refractivity contribution is -0.203. The van der Waals surface area contributed by atoms with Crippen LogP contribution in [-0.2, 0) is 14.3 Å². The summed E-state index contributed by atoms with van der Waals surface area (Å²) < 4.78 is 11.1. The van der Waals surface area contributed by atoms with Gasteiger partial charge in [0.05, 0.1) is 12.0 Å². The normalized spacial score (nSPS) is 24.1. The quantitative estimate of drug-likeness (QED) is 0.720. The van der Waals surface area contributed by atoms with E-state index >= 15 is 0 Å². The molecule has 0 amide bonds. The number of esters is 1. The summed E-state index contributed by atoms with van der Waals surface area (Å²) in [5.41, 5.74) is -0.592. The second-order valence-electron chi connectivity index (χ2n) is 7.38. The Hall–Kier alpha value is -0.570. The molecule has 1 fully saturated rings. The second kappa shape index (κ2) is 6.25. The van der Waals surface area contributed by atoms with Crippen molar-refractivity contribution in [2.75, 3.05) is 6.61 Å². The van der Waals surface area contributed by atoms with Crippen LogP contribution in [0.1, 0.15) is 67.2 Å². The Kier molecular flexibility index (Phi) is 5.43. The number of carbonyl (C=O) groups excluding carboxylic acids is 1. The molecular formula is C16H30O3. The number of ether oxygens (including phenoxy) is 2. The van der Waals surface area contributed by atoms with Crippen molar-refractivity contribution in [1.29, 1.82) is 0 Å². The van der Waals surface area contributed by atoms with Crippen LogP contribution in [0, 0.1) is 16.7 Å². The van der Waals surface area contributed by atoms with Crippen LogP contribution in [0.2, 0.25) is 0 Å². The van der Waals surface area contributed by atoms with Gasteiger partial charge in [-0.1, -0.05) is 34.6 Å². The molecule has 0 aromatic rings. The fourth-order valence-corrected chi connectivity index (χ4v) is 2.57. The maximum absolute atomic E-state index is 12.6. The summed E-state index contributed by atoms with van der Waals surface area (Å²) in [5.74, 6) is 0.352. The molecule has 0 aromatic carbocycles. The summed E-state index contributed by atoms with van der Waals surface area (Å²) in [7, 11) is 0. The van der Waals surface area contributed by atoms with E-state index in [0.29, 0.717) is 12.5 Å². The lowest BCUT2D eigenvalue weighted by Gasteiger charge is -2.41. The summed E-state index contributed by atoms with van der Waals surface area (Å²) >= 11 is 0. The molecule has 3 heteroatoms. The molecule has 0 aliphatic carbocycles. The summed E-state index contributed by atoms with van der Waals surface area (Å²) in [6, 6.07) is 0. The molecule has 2 unspecified atom stereocenters. The maximum Gasteiger partial charge on any atom is 0.314 e. The van der Waals surface area contributed by atoms with Gasteiger partial charge in [0.2, 0.25) is 6.29 Å². The molecule has 0 N–H and O–H groups in total. The smallest absolute Gasteiger partial charge is 0.314 e. The molecular weight excluding hydrogens is 240 g/mol. The number of hydrogen-bond acceptors (Lipinski definition) is 3. The highest BCUT2D eigenvalue weighted by Gasteiger charge is 2.46. The zero-order chi connectivity index (χ0) is 14.7. The fraction of sp³-hybridized carbons (Fsp3) is 0.938. The highest BCUT2D eigenvalue weighted by Crippen LogP contribution is 2.44. The molecule has 1 rings (SSSR count). The third-order valence-electron chi connectivity index (χ3n) is 4.30. The number of hydrogen-bond donors (Lipinski definition) is 0. The molecule has 1 saturated heterocycles. The van der Waals surface area contributed by atoms with Gasteiger partial charge in [-0.3, -0.25) is 4.79 Å². The Labute approximate surface area is 118 Å². The van der Waals surface area contributed by atoms with Crippen molar-refractivity contribution in [1.82, 2.24) is 0 Å². The lowest BCUT2D eigenvalue weighted by atomic mass is 9.64. The molecule has 0 aromatic heterocycles. The van der Waals surface area contributed by atoms with Crippen molar-refractivity contribution in [2.24, 2.45) is 16.7 Å². The van der Waals surface area contributed by atoms with Crippen LogP contribution in [0.4, 0.5) is 0 Å². The summed E-state index contributed by atoms with van der Waals surface area (Å²) in [6.07, 6.45) is 3.47. The largest absolute Gasteiger partial charge is 0.435 e. The van der Waals surface area contributed by atoms with Crippen molar-refractivity contribution >= 4 is 5.97 Å². The predicted octanol–water partition coefficient (Wildman–Crippen LogP) is 4.15. The van der Waals surface area contributed by atoms with Crippen LogP contribution >= 0.6 is 0 Å². The van der Waals surface area contributed by atoms with Gasteiger partial charge in [0, 0.05) is 6.42 Å². The first-order valence-electron chi connectivity index (χ1n) is 7.49. The Balaban J connectivity index is 2.76. The maximum atomic E-state index is 12.6. The van der Waals surface area contributed by atoms with Gasteiger partial charge in [-0.2, -0.15) is 0 Å². The van der Waals surface area contributed by atoms with Crippen LogP contribution in [0.15, 0.2) is 0 Å². The first-order chi connectivity index (χ1) is 8.67. The van der Waals surface area contributed by atoms with E-state index in [9.17, 15) is 4.79 Å². The fourth-order valence-electron chi connectivity index (χ4n) is 2.57. The molecule has 1 aliphatic rings. The monoisotopic (exact) mass is 270 g/mol. The Morgan fingerprint density at radius 1 is 1.26 bits per heavy atom.